The van der Waals surface area contributed by atoms with E-state index in [9.17, 15) is 0 Å². The van der Waals surface area contributed by atoms with Crippen molar-refractivity contribution in [3.63, 3.8) is 0 Å². The molecule has 0 bridgehead atoms. The fourth-order valence-electron chi connectivity index (χ4n) is 5.87. The van der Waals surface area contributed by atoms with Gasteiger partial charge in [0.2, 0.25) is 0 Å². The lowest BCUT2D eigenvalue weighted by atomic mass is 9.87. The average Bonchev–Trinajstić information content (AvgIpc) is 3.03. The topological polar surface area (TPSA) is 18.5 Å². The van der Waals surface area contributed by atoms with E-state index in [1.54, 1.807) is 0 Å². The van der Waals surface area contributed by atoms with E-state index < -0.39 is 0 Å². The Morgan fingerprint density at radius 1 is 0.477 bits per heavy atom. The van der Waals surface area contributed by atoms with Crippen LogP contribution in [0.15, 0.2) is 121 Å². The lowest BCUT2D eigenvalue weighted by Gasteiger charge is -2.38. The Morgan fingerprint density at radius 2 is 0.727 bits per heavy atom. The summed E-state index contributed by atoms with van der Waals surface area (Å²) in [6, 6.07) is 44.1. The summed E-state index contributed by atoms with van der Waals surface area (Å²) in [5.41, 5.74) is 5.75. The maximum atomic E-state index is 6.42. The second-order valence-electron chi connectivity index (χ2n) is 11.8. The molecule has 0 aliphatic carbocycles. The molecule has 4 aromatic carbocycles. The Bertz CT molecular complexity index is 1180. The highest BCUT2D eigenvalue weighted by atomic mass is 33.7. The maximum absolute atomic E-state index is 6.42. The number of hydrogen-bond acceptors (Lipinski definition) is 6. The summed E-state index contributed by atoms with van der Waals surface area (Å²) in [4.78, 5) is 0. The van der Waals surface area contributed by atoms with Crippen LogP contribution in [0.2, 0.25) is 0 Å². The van der Waals surface area contributed by atoms with Crippen LogP contribution in [0, 0.1) is 0 Å². The molecule has 4 rings (SSSR count). The first-order valence-electron chi connectivity index (χ1n) is 15.5. The van der Waals surface area contributed by atoms with Crippen LogP contribution in [0.3, 0.4) is 0 Å². The highest BCUT2D eigenvalue weighted by molar-refractivity contribution is 9.26. The number of ether oxygens (including phenoxy) is 2. The van der Waals surface area contributed by atoms with Gasteiger partial charge < -0.3 is 9.47 Å². The van der Waals surface area contributed by atoms with Gasteiger partial charge in [0.25, 0.3) is 0 Å². The third kappa shape index (κ3) is 9.58. The fourth-order valence-corrected chi connectivity index (χ4v) is 17.1. The third-order valence-electron chi connectivity index (χ3n) is 7.50. The highest BCUT2D eigenvalue weighted by Gasteiger charge is 2.40. The largest absolute Gasteiger partial charge is 0.380 e. The van der Waals surface area contributed by atoms with Gasteiger partial charge in [-0.15, -0.1) is 0 Å². The fraction of sp³-hybridized carbons (Fsp3) is 0.333. The molecule has 0 heterocycles. The summed E-state index contributed by atoms with van der Waals surface area (Å²) < 4.78 is 12.3. The summed E-state index contributed by atoms with van der Waals surface area (Å²) in [5.74, 6) is 0. The van der Waals surface area contributed by atoms with Crippen LogP contribution in [-0.2, 0) is 19.0 Å². The van der Waals surface area contributed by atoms with Gasteiger partial charge in [-0.05, 0) is 82.4 Å². The lowest BCUT2D eigenvalue weighted by molar-refractivity contribution is 0.0461. The molecular weight excluding hydrogens is 649 g/mol. The van der Waals surface area contributed by atoms with Crippen molar-refractivity contribution in [3.05, 3.63) is 144 Å². The molecular formula is C36H46O2S4Si2. The van der Waals surface area contributed by atoms with Crippen molar-refractivity contribution in [2.75, 3.05) is 0 Å². The van der Waals surface area contributed by atoms with Crippen LogP contribution in [0.1, 0.15) is 62.8 Å². The minimum atomic E-state index is -0.245. The minimum Gasteiger partial charge on any atom is -0.380 e. The van der Waals surface area contributed by atoms with Crippen LogP contribution < -0.4 is 0 Å². The number of rotatable bonds is 17. The molecule has 0 saturated heterocycles. The minimum absolute atomic E-state index is 0.209. The third-order valence-corrected chi connectivity index (χ3v) is 16.4. The van der Waals surface area contributed by atoms with Gasteiger partial charge in [-0.2, -0.15) is 0 Å². The molecule has 0 radical (unpaired) electrons. The normalized spacial score (nSPS) is 13.9. The van der Waals surface area contributed by atoms with E-state index >= 15 is 0 Å². The molecule has 0 spiro atoms. The van der Waals surface area contributed by atoms with Gasteiger partial charge >= 0.3 is 0 Å². The Hall–Kier alpha value is -1.37. The van der Waals surface area contributed by atoms with Crippen molar-refractivity contribution in [1.29, 1.82) is 0 Å². The first kappa shape index (κ1) is 35.5. The van der Waals surface area contributed by atoms with Crippen molar-refractivity contribution in [2.24, 2.45) is 0 Å². The predicted molar refractivity (Wildman–Crippen MR) is 207 cm³/mol. The average molecular weight is 695 g/mol. The summed E-state index contributed by atoms with van der Waals surface area (Å²) in [6.07, 6.45) is 2.28. The Kier molecular flexibility index (Phi) is 14.1. The second kappa shape index (κ2) is 17.5. The van der Waals surface area contributed by atoms with E-state index in [-0.39, 0.29) is 33.2 Å². The van der Waals surface area contributed by atoms with Crippen molar-refractivity contribution < 1.29 is 9.47 Å². The molecule has 0 saturated carbocycles. The summed E-state index contributed by atoms with van der Waals surface area (Å²) in [7, 11) is 9.67. The van der Waals surface area contributed by atoms with Gasteiger partial charge in [0, 0.05) is 31.9 Å². The van der Waals surface area contributed by atoms with E-state index in [0.717, 1.165) is 33.3 Å². The van der Waals surface area contributed by atoms with Gasteiger partial charge in [-0.1, -0.05) is 143 Å². The maximum Gasteiger partial charge on any atom is 0.0790 e. The van der Waals surface area contributed by atoms with E-state index in [2.05, 4.69) is 149 Å². The monoisotopic (exact) mass is 694 g/mol. The van der Waals surface area contributed by atoms with Gasteiger partial charge in [-0.25, -0.2) is 0 Å². The van der Waals surface area contributed by atoms with E-state index in [1.807, 2.05) is 41.2 Å². The predicted octanol–water partition coefficient (Wildman–Crippen LogP) is 8.57. The molecule has 0 N–H and O–H groups in total. The van der Waals surface area contributed by atoms with Gasteiger partial charge in [0.15, 0.2) is 0 Å². The number of benzene rings is 4. The molecule has 0 aliphatic rings. The quantitative estimate of drug-likeness (QED) is 0.0622. The summed E-state index contributed by atoms with van der Waals surface area (Å²) in [6.45, 7) is 8.58. The highest BCUT2D eigenvalue weighted by Crippen LogP contribution is 2.62. The molecule has 0 aromatic heterocycles. The molecule has 4 aromatic rings. The Balaban J connectivity index is 1.69. The van der Waals surface area contributed by atoms with Crippen molar-refractivity contribution >= 4 is 61.7 Å². The Morgan fingerprint density at radius 3 is 0.955 bits per heavy atom. The van der Waals surface area contributed by atoms with Crippen LogP contribution in [-0.4, -0.2) is 44.1 Å². The molecule has 8 heteroatoms. The summed E-state index contributed by atoms with van der Waals surface area (Å²) >= 11 is 0. The first-order valence-corrected chi connectivity index (χ1v) is 22.6. The van der Waals surface area contributed by atoms with Crippen LogP contribution in [0.25, 0.3) is 0 Å². The molecule has 0 amide bonds. The number of hydrogen-bond donors (Lipinski definition) is 0. The lowest BCUT2D eigenvalue weighted by Crippen LogP contribution is -2.32. The van der Waals surface area contributed by atoms with Gasteiger partial charge in [0.1, 0.15) is 0 Å². The zero-order valence-electron chi connectivity index (χ0n) is 26.7. The van der Waals surface area contributed by atoms with Crippen molar-refractivity contribution in [2.45, 2.75) is 73.7 Å². The SMILES string of the molecule is CC(C)OC([SiH3])CC(SSSSC(CC([SiH3])OC(C)C)(c1ccccc1)c1ccccc1)(c1ccccc1)c1ccccc1. The first-order chi connectivity index (χ1) is 21.2. The standard InChI is InChI=1S/C36H46O2S4Si2/c1-27(2)37-33(43)25-35(29-17-9-5-10-18-29,30-19-11-6-12-20-30)39-41-42-40-36(26-34(44)38-28(3)4,31-21-13-7-14-22-31)32-23-15-8-16-24-32/h5-24,27-28,33-34H,25-26H2,1-4,43-44H3. The molecule has 2 nitrogen and oxygen atoms in total. The molecule has 2 atom stereocenters. The second-order valence-corrected chi connectivity index (χ2v) is 20.7. The van der Waals surface area contributed by atoms with Gasteiger partial charge in [-0.3, -0.25) is 0 Å². The molecule has 234 valence electrons. The van der Waals surface area contributed by atoms with Crippen LogP contribution in [0.5, 0.6) is 0 Å². The molecule has 0 fully saturated rings. The zero-order valence-corrected chi connectivity index (χ0v) is 34.0. The van der Waals surface area contributed by atoms with Crippen LogP contribution >= 0.6 is 41.2 Å². The molecule has 0 aliphatic heterocycles. The van der Waals surface area contributed by atoms with Crippen molar-refractivity contribution in [1.82, 2.24) is 0 Å². The molecule has 44 heavy (non-hydrogen) atoms. The molecule has 2 unspecified atom stereocenters. The van der Waals surface area contributed by atoms with E-state index in [0.29, 0.717) is 0 Å². The van der Waals surface area contributed by atoms with E-state index in [4.69, 9.17) is 9.47 Å². The summed E-state index contributed by atoms with van der Waals surface area (Å²) in [5, 5.41) is 0. The smallest absolute Gasteiger partial charge is 0.0790 e. The van der Waals surface area contributed by atoms with E-state index in [1.165, 1.54) is 22.3 Å². The Labute approximate surface area is 286 Å². The zero-order chi connectivity index (χ0) is 31.4. The van der Waals surface area contributed by atoms with Crippen molar-refractivity contribution in [3.8, 4) is 0 Å². The van der Waals surface area contributed by atoms with Crippen LogP contribution in [0.4, 0.5) is 0 Å². The van der Waals surface area contributed by atoms with Gasteiger partial charge in [0.05, 0.1) is 21.7 Å².